The van der Waals surface area contributed by atoms with E-state index < -0.39 is 0 Å². The van der Waals surface area contributed by atoms with E-state index in [1.807, 2.05) is 25.1 Å². The second-order valence-corrected chi connectivity index (χ2v) is 6.96. The van der Waals surface area contributed by atoms with Crippen LogP contribution in [-0.2, 0) is 9.53 Å². The molecule has 0 aliphatic carbocycles. The van der Waals surface area contributed by atoms with Crippen molar-refractivity contribution in [2.45, 2.75) is 6.92 Å². The monoisotopic (exact) mass is 427 g/mol. The molecule has 31 heavy (non-hydrogen) atoms. The number of benzene rings is 1. The van der Waals surface area contributed by atoms with Gasteiger partial charge in [-0.05, 0) is 30.7 Å². The summed E-state index contributed by atoms with van der Waals surface area (Å²) in [5.41, 5.74) is 1.73. The third-order valence-corrected chi connectivity index (χ3v) is 4.72. The van der Waals surface area contributed by atoms with E-state index in [4.69, 9.17) is 14.2 Å². The van der Waals surface area contributed by atoms with Crippen LogP contribution >= 0.6 is 0 Å². The van der Waals surface area contributed by atoms with E-state index in [1.54, 1.807) is 26.4 Å². The van der Waals surface area contributed by atoms with Gasteiger partial charge in [0, 0.05) is 44.0 Å². The number of ether oxygens (including phenoxy) is 3. The summed E-state index contributed by atoms with van der Waals surface area (Å²) in [6.07, 6.45) is 3.21. The van der Waals surface area contributed by atoms with Crippen LogP contribution in [0.1, 0.15) is 11.3 Å². The molecule has 1 fully saturated rings. The summed E-state index contributed by atoms with van der Waals surface area (Å²) in [6, 6.07) is 7.43. The van der Waals surface area contributed by atoms with Gasteiger partial charge in [0.1, 0.15) is 5.82 Å². The molecule has 3 rings (SSSR count). The highest BCUT2D eigenvalue weighted by molar-refractivity contribution is 5.91. The largest absolute Gasteiger partial charge is 0.493 e. The molecular formula is C22H29N5O4. The number of aromatic nitrogens is 2. The zero-order chi connectivity index (χ0) is 22.1. The Morgan fingerprint density at radius 1 is 1.13 bits per heavy atom. The lowest BCUT2D eigenvalue weighted by Gasteiger charge is -2.28. The number of rotatable bonds is 9. The van der Waals surface area contributed by atoms with E-state index in [-0.39, 0.29) is 5.91 Å². The minimum Gasteiger partial charge on any atom is -0.493 e. The van der Waals surface area contributed by atoms with Crippen LogP contribution in [0, 0.1) is 6.92 Å². The first-order chi connectivity index (χ1) is 15.1. The summed E-state index contributed by atoms with van der Waals surface area (Å²) < 4.78 is 15.9. The summed E-state index contributed by atoms with van der Waals surface area (Å²) in [4.78, 5) is 23.3. The molecule has 0 bridgehead atoms. The Morgan fingerprint density at radius 2 is 1.90 bits per heavy atom. The molecule has 1 aliphatic rings. The second kappa shape index (κ2) is 11.2. The summed E-state index contributed by atoms with van der Waals surface area (Å²) in [7, 11) is 3.16. The minimum atomic E-state index is -0.184. The molecule has 1 aliphatic heterocycles. The molecule has 0 spiro atoms. The van der Waals surface area contributed by atoms with Gasteiger partial charge in [0.05, 0.1) is 27.4 Å². The van der Waals surface area contributed by atoms with Crippen molar-refractivity contribution in [3.63, 3.8) is 0 Å². The number of hydrogen-bond acceptors (Lipinski definition) is 8. The molecule has 1 aromatic heterocycles. The van der Waals surface area contributed by atoms with Gasteiger partial charge < -0.3 is 29.7 Å². The summed E-state index contributed by atoms with van der Waals surface area (Å²) in [6.45, 7) is 5.94. The van der Waals surface area contributed by atoms with E-state index in [0.717, 1.165) is 30.2 Å². The summed E-state index contributed by atoms with van der Waals surface area (Å²) in [5, 5.41) is 6.01. The molecule has 2 heterocycles. The third kappa shape index (κ3) is 6.58. The number of nitrogens with zero attached hydrogens (tertiary/aromatic N) is 3. The average molecular weight is 428 g/mol. The molecule has 0 saturated carbocycles. The van der Waals surface area contributed by atoms with Gasteiger partial charge in [0.2, 0.25) is 11.9 Å². The van der Waals surface area contributed by atoms with Crippen molar-refractivity contribution in [2.75, 3.05) is 63.8 Å². The number of methoxy groups -OCH3 is 2. The van der Waals surface area contributed by atoms with Crippen molar-refractivity contribution < 1.29 is 19.0 Å². The normalized spacial score (nSPS) is 13.8. The Balaban J connectivity index is 1.46. The molecule has 0 radical (unpaired) electrons. The quantitative estimate of drug-likeness (QED) is 0.462. The number of hydrogen-bond donors (Lipinski definition) is 2. The second-order valence-electron chi connectivity index (χ2n) is 6.96. The van der Waals surface area contributed by atoms with Gasteiger partial charge in [-0.2, -0.15) is 4.98 Å². The van der Waals surface area contributed by atoms with Crippen LogP contribution in [0.4, 0.5) is 11.8 Å². The highest BCUT2D eigenvalue weighted by atomic mass is 16.5. The maximum atomic E-state index is 12.1. The Kier molecular flexibility index (Phi) is 8.05. The number of morpholine rings is 1. The molecule has 166 valence electrons. The van der Waals surface area contributed by atoms with E-state index in [9.17, 15) is 4.79 Å². The topological polar surface area (TPSA) is 97.8 Å². The van der Waals surface area contributed by atoms with Crippen molar-refractivity contribution in [1.82, 2.24) is 15.3 Å². The van der Waals surface area contributed by atoms with Gasteiger partial charge in [0.25, 0.3) is 0 Å². The van der Waals surface area contributed by atoms with Gasteiger partial charge in [-0.1, -0.05) is 6.07 Å². The number of anilines is 2. The Bertz CT molecular complexity index is 913. The molecule has 9 heteroatoms. The first kappa shape index (κ1) is 22.4. The fourth-order valence-electron chi connectivity index (χ4n) is 3.13. The van der Waals surface area contributed by atoms with Crippen LogP contribution in [-0.4, -0.2) is 69.5 Å². The molecule has 1 saturated heterocycles. The lowest BCUT2D eigenvalue weighted by atomic mass is 10.2. The lowest BCUT2D eigenvalue weighted by molar-refractivity contribution is -0.116. The van der Waals surface area contributed by atoms with Gasteiger partial charge in [-0.15, -0.1) is 0 Å². The van der Waals surface area contributed by atoms with Crippen LogP contribution in [0.15, 0.2) is 30.3 Å². The zero-order valence-electron chi connectivity index (χ0n) is 18.2. The number of nitrogens with one attached hydrogen (secondary N) is 2. The standard InChI is InChI=1S/C22H29N5O4/c1-16-14-20(27-10-12-31-13-11-27)26-22(25-16)24-9-8-23-21(28)7-5-17-4-6-18(29-2)19(15-17)30-3/h4-7,14-15H,8-13H2,1-3H3,(H,23,28)(H,24,25,26)/b7-5+. The molecule has 1 aromatic carbocycles. The SMILES string of the molecule is COc1ccc(/C=C/C(=O)NCCNc2nc(C)cc(N3CCOCC3)n2)cc1OC. The van der Waals surface area contributed by atoms with Gasteiger partial charge in [-0.25, -0.2) is 4.98 Å². The molecule has 1 amide bonds. The predicted octanol–water partition coefficient (Wildman–Crippen LogP) is 1.88. The van der Waals surface area contributed by atoms with Crippen LogP contribution < -0.4 is 25.0 Å². The van der Waals surface area contributed by atoms with E-state index >= 15 is 0 Å². The maximum Gasteiger partial charge on any atom is 0.244 e. The molecular weight excluding hydrogens is 398 g/mol. The van der Waals surface area contributed by atoms with Crippen molar-refractivity contribution in [1.29, 1.82) is 0 Å². The number of carbonyl (C=O) groups is 1. The third-order valence-electron chi connectivity index (χ3n) is 4.72. The lowest BCUT2D eigenvalue weighted by Crippen LogP contribution is -2.37. The number of amides is 1. The highest BCUT2D eigenvalue weighted by Crippen LogP contribution is 2.27. The number of aryl methyl sites for hydroxylation is 1. The smallest absolute Gasteiger partial charge is 0.244 e. The molecule has 2 N–H and O–H groups in total. The van der Waals surface area contributed by atoms with Crippen molar-refractivity contribution >= 4 is 23.7 Å². The van der Waals surface area contributed by atoms with Crippen LogP contribution in [0.5, 0.6) is 11.5 Å². The minimum absolute atomic E-state index is 0.184. The predicted molar refractivity (Wildman–Crippen MR) is 120 cm³/mol. The Hall–Kier alpha value is -3.33. The van der Waals surface area contributed by atoms with Crippen LogP contribution in [0.3, 0.4) is 0 Å². The summed E-state index contributed by atoms with van der Waals surface area (Å²) in [5.74, 6) is 2.52. The molecule has 2 aromatic rings. The fraction of sp³-hybridized carbons (Fsp3) is 0.409. The van der Waals surface area contributed by atoms with Crippen molar-refractivity contribution in [3.05, 3.63) is 41.6 Å². The maximum absolute atomic E-state index is 12.1. The van der Waals surface area contributed by atoms with Crippen molar-refractivity contribution in [2.24, 2.45) is 0 Å². The van der Waals surface area contributed by atoms with Crippen LogP contribution in [0.2, 0.25) is 0 Å². The molecule has 0 unspecified atom stereocenters. The molecule has 0 atom stereocenters. The van der Waals surface area contributed by atoms with E-state index in [0.29, 0.717) is 43.8 Å². The first-order valence-corrected chi connectivity index (χ1v) is 10.2. The van der Waals surface area contributed by atoms with Gasteiger partial charge >= 0.3 is 0 Å². The van der Waals surface area contributed by atoms with Crippen molar-refractivity contribution in [3.8, 4) is 11.5 Å². The Morgan fingerprint density at radius 3 is 2.65 bits per heavy atom. The number of carbonyl (C=O) groups excluding carboxylic acids is 1. The zero-order valence-corrected chi connectivity index (χ0v) is 18.2. The highest BCUT2D eigenvalue weighted by Gasteiger charge is 2.14. The first-order valence-electron chi connectivity index (χ1n) is 10.2. The van der Waals surface area contributed by atoms with E-state index in [1.165, 1.54) is 6.08 Å². The van der Waals surface area contributed by atoms with Gasteiger partial charge in [-0.3, -0.25) is 4.79 Å². The van der Waals surface area contributed by atoms with Gasteiger partial charge in [0.15, 0.2) is 11.5 Å². The summed E-state index contributed by atoms with van der Waals surface area (Å²) >= 11 is 0. The average Bonchev–Trinajstić information content (AvgIpc) is 2.80. The molecule has 9 nitrogen and oxygen atoms in total. The van der Waals surface area contributed by atoms with Crippen LogP contribution in [0.25, 0.3) is 6.08 Å². The Labute approximate surface area is 182 Å². The fourth-order valence-corrected chi connectivity index (χ4v) is 3.13. The van der Waals surface area contributed by atoms with E-state index in [2.05, 4.69) is 25.5 Å².